The maximum atomic E-state index is 10.2. The molecule has 12 aliphatic rings. The molecule has 0 radical (unpaired) electrons. The molecular formula is C72H123N3O4. The van der Waals surface area contributed by atoms with E-state index in [2.05, 4.69) is 109 Å². The van der Waals surface area contributed by atoms with Gasteiger partial charge < -0.3 is 20.2 Å². The molecule has 79 heavy (non-hydrogen) atoms. The highest BCUT2D eigenvalue weighted by molar-refractivity contribution is 5.86. The van der Waals surface area contributed by atoms with Crippen molar-refractivity contribution < 1.29 is 20.2 Å². The molecule has 0 bridgehead atoms. The zero-order valence-corrected chi connectivity index (χ0v) is 53.8. The van der Waals surface area contributed by atoms with Gasteiger partial charge in [0, 0.05) is 41.3 Å². The fourth-order valence-corrected chi connectivity index (χ4v) is 25.0. The number of nitrogens with zero attached hydrogens (tertiary/aromatic N) is 3. The van der Waals surface area contributed by atoms with Crippen LogP contribution in [-0.4, -0.2) is 69.0 Å². The Labute approximate surface area is 485 Å². The first-order valence-electron chi connectivity index (χ1n) is 34.6. The lowest BCUT2D eigenvalue weighted by molar-refractivity contribution is -0.123. The van der Waals surface area contributed by atoms with Gasteiger partial charge in [0.15, 0.2) is 0 Å². The molecule has 7 heteroatoms. The van der Waals surface area contributed by atoms with Gasteiger partial charge in [-0.2, -0.15) is 0 Å². The first-order chi connectivity index (χ1) is 37.3. The largest absolute Gasteiger partial charge is 0.393 e. The van der Waals surface area contributed by atoms with Crippen molar-refractivity contribution in [3.63, 3.8) is 0 Å². The van der Waals surface area contributed by atoms with Crippen molar-refractivity contribution in [2.75, 3.05) is 0 Å². The molecule has 12 saturated carbocycles. The molecule has 12 rings (SSSR count). The van der Waals surface area contributed by atoms with Gasteiger partial charge in [-0.15, -0.1) is 0 Å². The van der Waals surface area contributed by atoms with Gasteiger partial charge in [-0.25, -0.2) is 0 Å². The maximum Gasteiger partial charge on any atom is 0.122 e. The van der Waals surface area contributed by atoms with E-state index in [1.807, 2.05) is 0 Å². The summed E-state index contributed by atoms with van der Waals surface area (Å²) in [6.07, 6.45) is 35.1. The third kappa shape index (κ3) is 10.9. The Morgan fingerprint density at radius 2 is 0.633 bits per heavy atom. The number of oxime groups is 1. The van der Waals surface area contributed by atoms with E-state index in [1.165, 1.54) is 152 Å². The average Bonchev–Trinajstić information content (AvgIpc) is 4.31. The smallest absolute Gasteiger partial charge is 0.122 e. The summed E-state index contributed by atoms with van der Waals surface area (Å²) >= 11 is 0. The quantitative estimate of drug-likeness (QED) is 0.174. The van der Waals surface area contributed by atoms with Crippen LogP contribution in [0.3, 0.4) is 0 Å². The molecule has 0 amide bonds. The fourth-order valence-electron chi connectivity index (χ4n) is 25.0. The lowest BCUT2D eigenvalue weighted by atomic mass is 9.44. The summed E-state index contributed by atoms with van der Waals surface area (Å²) in [5.41, 5.74) is 6.96. The topological polar surface area (TPSA) is 107 Å². The van der Waals surface area contributed by atoms with Gasteiger partial charge in [-0.3, -0.25) is 9.98 Å². The van der Waals surface area contributed by atoms with Crippen LogP contribution in [0, 0.1) is 121 Å². The van der Waals surface area contributed by atoms with Gasteiger partial charge in [0.05, 0.1) is 24.0 Å². The highest BCUT2D eigenvalue weighted by atomic mass is 16.6. The Morgan fingerprint density at radius 3 is 0.924 bits per heavy atom. The van der Waals surface area contributed by atoms with Crippen LogP contribution in [-0.2, 0) is 4.84 Å². The standard InChI is InChI=1S/C24H41NO2.2C24H41NO/c1-15(2)27-25-16(3)20-8-9-21-19-7-6-17-14-18(26)10-12-23(17,4)22(19)11-13-24(20,21)5;2*1-15(2)25-16(3)20-8-9-21-19-7-6-17-14-18(26)10-12-23(17,4)22(19)11-13-24(20,21)5/h15,17-22,26H,6-14H2,1-5H3;2*15,17-22,26H,6-14H2,1-5H3/b25-16+;;/t2*17-,18+,19-,20+,21-,22-,23-,24+;17-,18-,19+,20-,21+,22+,23+,24-/m001/s1. The fraction of sp³-hybridized carbons (Fsp3) is 0.958. The van der Waals surface area contributed by atoms with Crippen LogP contribution < -0.4 is 0 Å². The molecule has 0 aromatic rings. The summed E-state index contributed by atoms with van der Waals surface area (Å²) in [7, 11) is 0. The van der Waals surface area contributed by atoms with Gasteiger partial charge in [0.25, 0.3) is 0 Å². The maximum absolute atomic E-state index is 10.2. The second-order valence-electron chi connectivity index (χ2n) is 33.4. The van der Waals surface area contributed by atoms with E-state index < -0.39 is 0 Å². The summed E-state index contributed by atoms with van der Waals surface area (Å²) in [6, 6.07) is 0.856. The van der Waals surface area contributed by atoms with Crippen LogP contribution in [0.15, 0.2) is 15.1 Å². The number of rotatable bonds is 7. The minimum Gasteiger partial charge on any atom is -0.393 e. The summed E-state index contributed by atoms with van der Waals surface area (Å²) < 4.78 is 0. The normalized spacial score (nSPS) is 51.2. The van der Waals surface area contributed by atoms with Crippen LogP contribution in [0.4, 0.5) is 0 Å². The van der Waals surface area contributed by atoms with Crippen molar-refractivity contribution >= 4 is 17.1 Å². The molecule has 0 heterocycles. The predicted molar refractivity (Wildman–Crippen MR) is 329 cm³/mol. The molecule has 0 aliphatic heterocycles. The number of aliphatic hydroxyl groups is 3. The van der Waals surface area contributed by atoms with E-state index in [9.17, 15) is 15.3 Å². The minimum absolute atomic E-state index is 0.0239. The number of aliphatic imine (C=N–C) groups is 2. The van der Waals surface area contributed by atoms with Gasteiger partial charge in [0.1, 0.15) is 6.10 Å². The Kier molecular flexibility index (Phi) is 17.8. The summed E-state index contributed by atoms with van der Waals surface area (Å²) in [4.78, 5) is 15.6. The lowest BCUT2D eigenvalue weighted by Gasteiger charge is -2.61. The van der Waals surface area contributed by atoms with Crippen molar-refractivity contribution in [1.29, 1.82) is 0 Å². The Bertz CT molecular complexity index is 2100. The first kappa shape index (κ1) is 60.8. The van der Waals surface area contributed by atoms with Crippen LogP contribution in [0.2, 0.25) is 0 Å². The average molecular weight is 1090 g/mol. The molecular weight excluding hydrogens is 971 g/mol. The number of fused-ring (bicyclic) bond motifs is 15. The van der Waals surface area contributed by atoms with Crippen LogP contribution in [0.25, 0.3) is 0 Å². The van der Waals surface area contributed by atoms with Crippen molar-refractivity contribution in [2.24, 2.45) is 136 Å². The van der Waals surface area contributed by atoms with E-state index in [1.54, 1.807) is 0 Å². The van der Waals surface area contributed by atoms with E-state index in [-0.39, 0.29) is 24.4 Å². The summed E-state index contributed by atoms with van der Waals surface area (Å²) in [5.74, 6) is 12.5. The highest BCUT2D eigenvalue weighted by Gasteiger charge is 2.64. The van der Waals surface area contributed by atoms with E-state index in [4.69, 9.17) is 14.8 Å². The van der Waals surface area contributed by atoms with Crippen molar-refractivity contribution in [1.82, 2.24) is 0 Å². The molecule has 24 atom stereocenters. The van der Waals surface area contributed by atoms with Gasteiger partial charge in [-0.1, -0.05) is 46.7 Å². The van der Waals surface area contributed by atoms with Gasteiger partial charge in [-0.05, 0) is 339 Å². The molecule has 0 unspecified atom stereocenters. The minimum atomic E-state index is -0.0378. The van der Waals surface area contributed by atoms with E-state index in [0.717, 1.165) is 121 Å². The third-order valence-corrected chi connectivity index (χ3v) is 28.8. The molecule has 0 aromatic carbocycles. The van der Waals surface area contributed by atoms with Gasteiger partial charge >= 0.3 is 0 Å². The predicted octanol–water partition coefficient (Wildman–Crippen LogP) is 17.6. The van der Waals surface area contributed by atoms with Crippen molar-refractivity contribution in [3.05, 3.63) is 0 Å². The Balaban J connectivity index is 0.000000134. The zero-order chi connectivity index (χ0) is 56.8. The lowest BCUT2D eigenvalue weighted by Crippen LogP contribution is -2.54. The first-order valence-corrected chi connectivity index (χ1v) is 34.6. The molecule has 450 valence electrons. The third-order valence-electron chi connectivity index (χ3n) is 28.8. The molecule has 0 saturated heterocycles. The molecule has 12 fully saturated rings. The zero-order valence-electron chi connectivity index (χ0n) is 53.8. The van der Waals surface area contributed by atoms with E-state index >= 15 is 0 Å². The SMILES string of the molecule is C/C(=N\OC(C)C)[C@H]1CC[C@H]2[C@@H]3CC[C@H]4C[C@H](O)CC[C@]4(C)[C@H]3CC[C@]12C.CC(=NC(C)C)[C@H]1CC[C@H]2[C@@H]3CC[C@@H]4C[C@H](O)CC[C@]4(C)[C@H]3CC[C@]12C.CC(=NC(C)C)[C@H]1CC[C@H]2[C@@H]3CC[C@H]4C[C@H](O)CC[C@]4(C)[C@H]3CC[C@]12C. The van der Waals surface area contributed by atoms with Crippen LogP contribution in [0.5, 0.6) is 0 Å². The second kappa shape index (κ2) is 23.2. The molecule has 0 spiro atoms. The number of hydrogen-bond acceptors (Lipinski definition) is 7. The molecule has 12 aliphatic carbocycles. The molecule has 7 nitrogen and oxygen atoms in total. The van der Waals surface area contributed by atoms with Crippen LogP contribution in [0.1, 0.15) is 277 Å². The Morgan fingerprint density at radius 1 is 0.354 bits per heavy atom. The Hall–Kier alpha value is -1.31. The summed E-state index contributed by atoms with van der Waals surface area (Å²) in [6.45, 7) is 35.4. The number of hydrogen-bond donors (Lipinski definition) is 3. The van der Waals surface area contributed by atoms with Crippen molar-refractivity contribution in [3.8, 4) is 0 Å². The van der Waals surface area contributed by atoms with Crippen LogP contribution >= 0.6 is 0 Å². The molecule has 0 aromatic heterocycles. The van der Waals surface area contributed by atoms with E-state index in [0.29, 0.717) is 50.5 Å². The second-order valence-corrected chi connectivity index (χ2v) is 33.4. The monoisotopic (exact) mass is 1090 g/mol. The highest BCUT2D eigenvalue weighted by Crippen LogP contribution is 2.71. The molecule has 3 N–H and O–H groups in total. The summed E-state index contributed by atoms with van der Waals surface area (Å²) in [5, 5.41) is 35.1. The van der Waals surface area contributed by atoms with Gasteiger partial charge in [0.2, 0.25) is 0 Å². The van der Waals surface area contributed by atoms with Crippen molar-refractivity contribution in [2.45, 2.75) is 314 Å². The number of aliphatic hydroxyl groups excluding tert-OH is 3.